The predicted octanol–water partition coefficient (Wildman–Crippen LogP) is 3.78. The number of allylic oxidation sites excluding steroid dienone is 2. The Morgan fingerprint density at radius 3 is 2.73 bits per heavy atom. The van der Waals surface area contributed by atoms with Crippen LogP contribution >= 0.6 is 0 Å². The third-order valence-corrected chi connectivity index (χ3v) is 3.71. The lowest BCUT2D eigenvalue weighted by atomic mass is 9.78. The van der Waals surface area contributed by atoms with Crippen LogP contribution < -0.4 is 0 Å². The third-order valence-electron chi connectivity index (χ3n) is 3.71. The maximum atomic E-state index is 10.2. The summed E-state index contributed by atoms with van der Waals surface area (Å²) in [7, 11) is 0. The zero-order valence-electron chi connectivity index (χ0n) is 10.7. The molecule has 0 bridgehead atoms. The van der Waals surface area contributed by atoms with E-state index in [1.807, 2.05) is 0 Å². The van der Waals surface area contributed by atoms with Crippen molar-refractivity contribution in [2.45, 2.75) is 59.5 Å². The van der Waals surface area contributed by atoms with Crippen molar-refractivity contribution in [1.82, 2.24) is 0 Å². The molecule has 15 heavy (non-hydrogen) atoms. The number of aliphatic hydroxyl groups excluding tert-OH is 1. The van der Waals surface area contributed by atoms with Gasteiger partial charge >= 0.3 is 0 Å². The second-order valence-corrected chi connectivity index (χ2v) is 5.51. The van der Waals surface area contributed by atoms with Gasteiger partial charge < -0.3 is 5.11 Å². The van der Waals surface area contributed by atoms with E-state index in [0.29, 0.717) is 17.8 Å². The van der Waals surface area contributed by atoms with Gasteiger partial charge in [0.15, 0.2) is 0 Å². The van der Waals surface area contributed by atoms with Crippen LogP contribution in [0, 0.1) is 17.8 Å². The van der Waals surface area contributed by atoms with E-state index in [0.717, 1.165) is 19.3 Å². The summed E-state index contributed by atoms with van der Waals surface area (Å²) < 4.78 is 0. The number of rotatable bonds is 4. The zero-order chi connectivity index (χ0) is 11.4. The van der Waals surface area contributed by atoms with E-state index in [4.69, 9.17) is 0 Å². The molecule has 1 rings (SSSR count). The highest BCUT2D eigenvalue weighted by Crippen LogP contribution is 2.32. The average molecular weight is 210 g/mol. The van der Waals surface area contributed by atoms with Gasteiger partial charge in [-0.15, -0.1) is 0 Å². The normalized spacial score (nSPS) is 30.9. The molecule has 0 heterocycles. The molecule has 0 aliphatic heterocycles. The van der Waals surface area contributed by atoms with Gasteiger partial charge in [-0.1, -0.05) is 38.8 Å². The van der Waals surface area contributed by atoms with Crippen LogP contribution in [0.3, 0.4) is 0 Å². The first-order chi connectivity index (χ1) is 7.02. The highest BCUT2D eigenvalue weighted by atomic mass is 16.3. The first kappa shape index (κ1) is 12.8. The van der Waals surface area contributed by atoms with Gasteiger partial charge in [-0.2, -0.15) is 0 Å². The number of aliphatic hydroxyl groups is 1. The van der Waals surface area contributed by atoms with Gasteiger partial charge in [0.05, 0.1) is 6.10 Å². The summed E-state index contributed by atoms with van der Waals surface area (Å²) in [5.74, 6) is 1.80. The summed E-state index contributed by atoms with van der Waals surface area (Å²) in [5, 5.41) is 10.2. The molecule has 1 heteroatoms. The fourth-order valence-electron chi connectivity index (χ4n) is 2.66. The van der Waals surface area contributed by atoms with E-state index in [-0.39, 0.29) is 6.10 Å². The Morgan fingerprint density at radius 1 is 1.53 bits per heavy atom. The lowest BCUT2D eigenvalue weighted by Gasteiger charge is -2.30. The van der Waals surface area contributed by atoms with Crippen molar-refractivity contribution in [1.29, 1.82) is 0 Å². The topological polar surface area (TPSA) is 20.2 Å². The van der Waals surface area contributed by atoms with Crippen molar-refractivity contribution in [2.75, 3.05) is 0 Å². The van der Waals surface area contributed by atoms with E-state index in [1.165, 1.54) is 12.0 Å². The quantitative estimate of drug-likeness (QED) is 0.700. The fourth-order valence-corrected chi connectivity index (χ4v) is 2.66. The first-order valence-corrected chi connectivity index (χ1v) is 6.38. The average Bonchev–Trinajstić information content (AvgIpc) is 2.16. The Morgan fingerprint density at radius 2 is 2.20 bits per heavy atom. The van der Waals surface area contributed by atoms with Gasteiger partial charge in [-0.05, 0) is 43.9 Å². The summed E-state index contributed by atoms with van der Waals surface area (Å²) in [5.41, 5.74) is 1.46. The fraction of sp³-hybridized carbons (Fsp3) is 0.857. The monoisotopic (exact) mass is 210 g/mol. The molecule has 88 valence electrons. The summed E-state index contributed by atoms with van der Waals surface area (Å²) in [6, 6.07) is 0. The van der Waals surface area contributed by atoms with Crippen molar-refractivity contribution >= 4 is 0 Å². The molecule has 1 N–H and O–H groups in total. The molecule has 1 aliphatic carbocycles. The molecule has 1 nitrogen and oxygen atoms in total. The highest BCUT2D eigenvalue weighted by Gasteiger charge is 2.25. The van der Waals surface area contributed by atoms with Crippen LogP contribution in [0.5, 0.6) is 0 Å². The molecule has 0 saturated carbocycles. The van der Waals surface area contributed by atoms with Crippen molar-refractivity contribution in [2.24, 2.45) is 17.8 Å². The molecule has 0 aromatic rings. The van der Waals surface area contributed by atoms with Crippen molar-refractivity contribution < 1.29 is 5.11 Å². The predicted molar refractivity (Wildman–Crippen MR) is 65.7 cm³/mol. The molecular formula is C14H26O. The smallest absolute Gasteiger partial charge is 0.0574 e. The van der Waals surface area contributed by atoms with Crippen LogP contribution in [0.15, 0.2) is 11.6 Å². The SMILES string of the molecule is CCC(C)CC(O)C1CC(C)=CC(C)C1. The molecule has 4 unspecified atom stereocenters. The van der Waals surface area contributed by atoms with E-state index < -0.39 is 0 Å². The van der Waals surface area contributed by atoms with Crippen molar-refractivity contribution in [3.05, 3.63) is 11.6 Å². The van der Waals surface area contributed by atoms with Crippen LogP contribution in [0.1, 0.15) is 53.4 Å². The Labute approximate surface area is 94.6 Å². The molecule has 0 radical (unpaired) electrons. The van der Waals surface area contributed by atoms with Gasteiger partial charge in [0.25, 0.3) is 0 Å². The summed E-state index contributed by atoms with van der Waals surface area (Å²) in [6.07, 6.45) is 6.67. The summed E-state index contributed by atoms with van der Waals surface area (Å²) >= 11 is 0. The van der Waals surface area contributed by atoms with Crippen LogP contribution in [0.25, 0.3) is 0 Å². The maximum absolute atomic E-state index is 10.2. The van der Waals surface area contributed by atoms with Crippen molar-refractivity contribution in [3.8, 4) is 0 Å². The second kappa shape index (κ2) is 5.69. The van der Waals surface area contributed by atoms with Crippen molar-refractivity contribution in [3.63, 3.8) is 0 Å². The Balaban J connectivity index is 2.47. The standard InChI is InChI=1S/C14H26O/c1-5-10(2)9-14(15)13-7-11(3)6-12(4)8-13/h6,10-11,13-15H,5,7-9H2,1-4H3. The minimum Gasteiger partial charge on any atom is -0.393 e. The summed E-state index contributed by atoms with van der Waals surface area (Å²) in [4.78, 5) is 0. The Kier molecular flexibility index (Phi) is 4.85. The van der Waals surface area contributed by atoms with Crippen LogP contribution in [-0.2, 0) is 0 Å². The van der Waals surface area contributed by atoms with E-state index >= 15 is 0 Å². The molecule has 0 aromatic carbocycles. The highest BCUT2D eigenvalue weighted by molar-refractivity contribution is 5.07. The minimum atomic E-state index is -0.0916. The molecule has 1 aliphatic rings. The third kappa shape index (κ3) is 3.98. The van der Waals surface area contributed by atoms with E-state index in [2.05, 4.69) is 33.8 Å². The van der Waals surface area contributed by atoms with Gasteiger partial charge in [-0.25, -0.2) is 0 Å². The second-order valence-electron chi connectivity index (χ2n) is 5.51. The largest absolute Gasteiger partial charge is 0.393 e. The minimum absolute atomic E-state index is 0.0916. The number of hydrogen-bond donors (Lipinski definition) is 1. The van der Waals surface area contributed by atoms with Gasteiger partial charge in [0.2, 0.25) is 0 Å². The Bertz CT molecular complexity index is 219. The molecular weight excluding hydrogens is 184 g/mol. The van der Waals surface area contributed by atoms with Crippen LogP contribution in [-0.4, -0.2) is 11.2 Å². The molecule has 4 atom stereocenters. The first-order valence-electron chi connectivity index (χ1n) is 6.38. The van der Waals surface area contributed by atoms with Gasteiger partial charge in [0, 0.05) is 0 Å². The van der Waals surface area contributed by atoms with Gasteiger partial charge in [-0.3, -0.25) is 0 Å². The lowest BCUT2D eigenvalue weighted by molar-refractivity contribution is 0.0709. The maximum Gasteiger partial charge on any atom is 0.0574 e. The molecule has 0 fully saturated rings. The molecule has 0 saturated heterocycles. The molecule has 0 spiro atoms. The van der Waals surface area contributed by atoms with E-state index in [1.54, 1.807) is 0 Å². The zero-order valence-corrected chi connectivity index (χ0v) is 10.7. The van der Waals surface area contributed by atoms with Crippen LogP contribution in [0.4, 0.5) is 0 Å². The van der Waals surface area contributed by atoms with E-state index in [9.17, 15) is 5.11 Å². The molecule has 0 amide bonds. The van der Waals surface area contributed by atoms with Crippen LogP contribution in [0.2, 0.25) is 0 Å². The Hall–Kier alpha value is -0.300. The van der Waals surface area contributed by atoms with Gasteiger partial charge in [0.1, 0.15) is 0 Å². The lowest BCUT2D eigenvalue weighted by Crippen LogP contribution is -2.26. The molecule has 0 aromatic heterocycles. The summed E-state index contributed by atoms with van der Waals surface area (Å²) in [6.45, 7) is 8.88. The number of hydrogen-bond acceptors (Lipinski definition) is 1.